The number of benzene rings is 2. The van der Waals surface area contributed by atoms with Gasteiger partial charge in [0, 0.05) is 27.9 Å². The van der Waals surface area contributed by atoms with Gasteiger partial charge >= 0.3 is 5.63 Å². The van der Waals surface area contributed by atoms with Crippen LogP contribution in [0.5, 0.6) is 0 Å². The summed E-state index contributed by atoms with van der Waals surface area (Å²) in [6.07, 6.45) is 0. The third kappa shape index (κ3) is 3.90. The molecule has 0 spiro atoms. The maximum atomic E-state index is 12.1. The van der Waals surface area contributed by atoms with Crippen molar-refractivity contribution < 1.29 is 4.42 Å². The standard InChI is InChI=1S/C23H20ClNO2S/c1-14-5-7-16(8-6-14)23(21-4-3-9-28-21)25-13-17-11-22(26)27-20-10-15(2)19(24)12-18(17)20/h3-12,23,25H,13H2,1-2H3/t23-/m0/s1. The zero-order valence-corrected chi connectivity index (χ0v) is 17.2. The molecule has 0 unspecified atom stereocenters. The van der Waals surface area contributed by atoms with Gasteiger partial charge in [-0.25, -0.2) is 4.79 Å². The third-order valence-corrected chi connectivity index (χ3v) is 6.19. The molecule has 3 nitrogen and oxygen atoms in total. The Morgan fingerprint density at radius 1 is 1.11 bits per heavy atom. The number of fused-ring (bicyclic) bond motifs is 1. The van der Waals surface area contributed by atoms with Crippen LogP contribution in [0.4, 0.5) is 0 Å². The van der Waals surface area contributed by atoms with Gasteiger partial charge in [-0.15, -0.1) is 11.3 Å². The first-order valence-electron chi connectivity index (χ1n) is 9.07. The Kier molecular flexibility index (Phi) is 5.36. The highest BCUT2D eigenvalue weighted by Crippen LogP contribution is 2.29. The fourth-order valence-electron chi connectivity index (χ4n) is 3.30. The highest BCUT2D eigenvalue weighted by atomic mass is 35.5. The fraction of sp³-hybridized carbons (Fsp3) is 0.174. The Morgan fingerprint density at radius 2 is 1.89 bits per heavy atom. The van der Waals surface area contributed by atoms with E-state index in [1.54, 1.807) is 17.4 Å². The lowest BCUT2D eigenvalue weighted by molar-refractivity contribution is 0.553. The van der Waals surface area contributed by atoms with Crippen LogP contribution in [-0.2, 0) is 6.54 Å². The molecule has 0 bridgehead atoms. The van der Waals surface area contributed by atoms with E-state index in [1.165, 1.54) is 16.0 Å². The molecule has 2 heterocycles. The Hall–Kier alpha value is -2.40. The summed E-state index contributed by atoms with van der Waals surface area (Å²) < 4.78 is 5.38. The largest absolute Gasteiger partial charge is 0.423 e. The molecular formula is C23H20ClNO2S. The topological polar surface area (TPSA) is 42.2 Å². The molecule has 2 aromatic heterocycles. The van der Waals surface area contributed by atoms with Gasteiger partial charge in [0.15, 0.2) is 0 Å². The van der Waals surface area contributed by atoms with Crippen molar-refractivity contribution in [3.8, 4) is 0 Å². The predicted octanol–water partition coefficient (Wildman–Crippen LogP) is 6.00. The van der Waals surface area contributed by atoms with Crippen LogP contribution in [0.1, 0.15) is 33.2 Å². The van der Waals surface area contributed by atoms with E-state index in [1.807, 2.05) is 19.1 Å². The van der Waals surface area contributed by atoms with Crippen LogP contribution in [0, 0.1) is 13.8 Å². The minimum atomic E-state index is -0.353. The van der Waals surface area contributed by atoms with E-state index in [9.17, 15) is 4.79 Å². The quantitative estimate of drug-likeness (QED) is 0.411. The molecule has 0 aliphatic carbocycles. The molecule has 0 fully saturated rings. The first-order chi connectivity index (χ1) is 13.5. The molecule has 0 aliphatic rings. The van der Waals surface area contributed by atoms with Gasteiger partial charge in [0.05, 0.1) is 6.04 Å². The maximum Gasteiger partial charge on any atom is 0.336 e. The van der Waals surface area contributed by atoms with Gasteiger partial charge in [0.2, 0.25) is 0 Å². The summed E-state index contributed by atoms with van der Waals surface area (Å²) in [7, 11) is 0. The van der Waals surface area contributed by atoms with E-state index in [0.717, 1.165) is 16.5 Å². The van der Waals surface area contributed by atoms with Gasteiger partial charge in [0.1, 0.15) is 5.58 Å². The minimum absolute atomic E-state index is 0.0452. The molecule has 0 radical (unpaired) electrons. The van der Waals surface area contributed by atoms with E-state index in [2.05, 4.69) is 54.0 Å². The van der Waals surface area contributed by atoms with Crippen molar-refractivity contribution in [3.05, 3.63) is 103 Å². The van der Waals surface area contributed by atoms with E-state index >= 15 is 0 Å². The Balaban J connectivity index is 1.70. The molecule has 1 N–H and O–H groups in total. The van der Waals surface area contributed by atoms with Crippen LogP contribution < -0.4 is 10.9 Å². The Morgan fingerprint density at radius 3 is 2.61 bits per heavy atom. The molecule has 5 heteroatoms. The molecular weight excluding hydrogens is 390 g/mol. The molecule has 0 amide bonds. The number of aryl methyl sites for hydroxylation is 2. The van der Waals surface area contributed by atoms with E-state index in [4.69, 9.17) is 16.0 Å². The number of hydrogen-bond donors (Lipinski definition) is 1. The summed E-state index contributed by atoms with van der Waals surface area (Å²) in [6, 6.07) is 18.0. The van der Waals surface area contributed by atoms with E-state index < -0.39 is 0 Å². The van der Waals surface area contributed by atoms with Crippen molar-refractivity contribution in [1.29, 1.82) is 0 Å². The first kappa shape index (κ1) is 18.9. The molecule has 142 valence electrons. The van der Waals surface area contributed by atoms with Crippen LogP contribution in [0.15, 0.2) is 69.2 Å². The summed E-state index contributed by atoms with van der Waals surface area (Å²) >= 11 is 8.03. The van der Waals surface area contributed by atoms with Crippen molar-refractivity contribution in [2.24, 2.45) is 0 Å². The predicted molar refractivity (Wildman–Crippen MR) is 116 cm³/mol. The number of halogens is 1. The second kappa shape index (κ2) is 7.92. The Labute approximate surface area is 172 Å². The molecule has 1 atom stereocenters. The van der Waals surface area contributed by atoms with Crippen molar-refractivity contribution in [3.63, 3.8) is 0 Å². The average Bonchev–Trinajstić information content (AvgIpc) is 3.19. The van der Waals surface area contributed by atoms with E-state index in [-0.39, 0.29) is 11.7 Å². The lowest BCUT2D eigenvalue weighted by atomic mass is 10.0. The van der Waals surface area contributed by atoms with Crippen LogP contribution in [0.25, 0.3) is 11.0 Å². The van der Waals surface area contributed by atoms with Gasteiger partial charge in [-0.05, 0) is 54.1 Å². The molecule has 4 aromatic rings. The maximum absolute atomic E-state index is 12.1. The van der Waals surface area contributed by atoms with E-state index in [0.29, 0.717) is 17.2 Å². The molecule has 4 rings (SSSR count). The molecule has 0 aliphatic heterocycles. The fourth-order valence-corrected chi connectivity index (χ4v) is 4.29. The SMILES string of the molecule is Cc1ccc([C@H](NCc2cc(=O)oc3cc(C)c(Cl)cc23)c2cccs2)cc1. The van der Waals surface area contributed by atoms with Crippen molar-refractivity contribution >= 4 is 33.9 Å². The zero-order valence-electron chi connectivity index (χ0n) is 15.7. The summed E-state index contributed by atoms with van der Waals surface area (Å²) in [5.74, 6) is 0. The minimum Gasteiger partial charge on any atom is -0.423 e. The van der Waals surface area contributed by atoms with Gasteiger partial charge in [0.25, 0.3) is 0 Å². The highest BCUT2D eigenvalue weighted by molar-refractivity contribution is 7.10. The third-order valence-electron chi connectivity index (χ3n) is 4.84. The normalized spacial score (nSPS) is 12.4. The van der Waals surface area contributed by atoms with Crippen LogP contribution in [0.2, 0.25) is 5.02 Å². The van der Waals surface area contributed by atoms with Gasteiger partial charge in [-0.2, -0.15) is 0 Å². The molecule has 0 saturated heterocycles. The number of rotatable bonds is 5. The second-order valence-electron chi connectivity index (χ2n) is 6.93. The van der Waals surface area contributed by atoms with Crippen LogP contribution in [-0.4, -0.2) is 0 Å². The van der Waals surface area contributed by atoms with Crippen LogP contribution >= 0.6 is 22.9 Å². The summed E-state index contributed by atoms with van der Waals surface area (Å²) in [5.41, 5.74) is 4.39. The van der Waals surface area contributed by atoms with Crippen molar-refractivity contribution in [1.82, 2.24) is 5.32 Å². The van der Waals surface area contributed by atoms with Crippen molar-refractivity contribution in [2.75, 3.05) is 0 Å². The smallest absolute Gasteiger partial charge is 0.336 e. The van der Waals surface area contributed by atoms with Crippen LogP contribution in [0.3, 0.4) is 0 Å². The monoisotopic (exact) mass is 409 g/mol. The lowest BCUT2D eigenvalue weighted by Crippen LogP contribution is -2.22. The lowest BCUT2D eigenvalue weighted by Gasteiger charge is -2.19. The highest BCUT2D eigenvalue weighted by Gasteiger charge is 2.16. The molecule has 0 saturated carbocycles. The van der Waals surface area contributed by atoms with Gasteiger partial charge < -0.3 is 9.73 Å². The molecule has 28 heavy (non-hydrogen) atoms. The summed E-state index contributed by atoms with van der Waals surface area (Å²) in [4.78, 5) is 13.3. The van der Waals surface area contributed by atoms with Gasteiger partial charge in [-0.1, -0.05) is 47.5 Å². The number of hydrogen-bond acceptors (Lipinski definition) is 4. The van der Waals surface area contributed by atoms with Crippen molar-refractivity contribution in [2.45, 2.75) is 26.4 Å². The van der Waals surface area contributed by atoms with Gasteiger partial charge in [-0.3, -0.25) is 0 Å². The Bertz CT molecular complexity index is 1160. The number of nitrogens with one attached hydrogen (secondary N) is 1. The number of thiophene rings is 1. The molecule has 2 aromatic carbocycles. The second-order valence-corrected chi connectivity index (χ2v) is 8.31. The summed E-state index contributed by atoms with van der Waals surface area (Å²) in [6.45, 7) is 4.51. The zero-order chi connectivity index (χ0) is 19.7. The summed E-state index contributed by atoms with van der Waals surface area (Å²) in [5, 5.41) is 7.21. The first-order valence-corrected chi connectivity index (χ1v) is 10.3. The average molecular weight is 410 g/mol.